The van der Waals surface area contributed by atoms with E-state index in [1.54, 1.807) is 0 Å². The van der Waals surface area contributed by atoms with Gasteiger partial charge in [-0.05, 0) is 0 Å². The number of hydrogen-bond donors (Lipinski definition) is 1. The quantitative estimate of drug-likeness (QED) is 0.784. The third-order valence-corrected chi connectivity index (χ3v) is 1.77. The number of alkyl halides is 2. The lowest BCUT2D eigenvalue weighted by Crippen LogP contribution is -2.04. The Kier molecular flexibility index (Phi) is 2.90. The Morgan fingerprint density at radius 2 is 2.29 bits per heavy atom. The zero-order valence-electron chi connectivity index (χ0n) is 6.87. The second kappa shape index (κ2) is 3.79. The van der Waals surface area contributed by atoms with Crippen LogP contribution in [-0.4, -0.2) is 21.0 Å². The maximum Gasteiger partial charge on any atom is 0.511 e. The molecule has 0 atom stereocenters. The topological polar surface area (TPSA) is 64.4 Å². The van der Waals surface area contributed by atoms with Gasteiger partial charge in [-0.3, -0.25) is 4.68 Å². The summed E-state index contributed by atoms with van der Waals surface area (Å²) in [5.74, 6) is -0.628. The number of rotatable bonds is 2. The van der Waals surface area contributed by atoms with Gasteiger partial charge in [0.25, 0.3) is 6.43 Å². The van der Waals surface area contributed by atoms with E-state index in [9.17, 15) is 13.6 Å². The maximum absolute atomic E-state index is 12.3. The highest BCUT2D eigenvalue weighted by molar-refractivity contribution is 6.31. The van der Waals surface area contributed by atoms with Gasteiger partial charge in [0, 0.05) is 7.05 Å². The molecule has 0 bridgehead atoms. The highest BCUT2D eigenvalue weighted by atomic mass is 35.5. The van der Waals surface area contributed by atoms with Crippen molar-refractivity contribution in [2.75, 3.05) is 0 Å². The third kappa shape index (κ3) is 1.92. The molecule has 1 rings (SSSR count). The minimum Gasteiger partial charge on any atom is -0.449 e. The molecule has 0 aliphatic carbocycles. The summed E-state index contributed by atoms with van der Waals surface area (Å²) in [7, 11) is 1.29. The maximum atomic E-state index is 12.3. The summed E-state index contributed by atoms with van der Waals surface area (Å²) in [5.41, 5.74) is -0.792. The molecule has 1 aromatic rings. The van der Waals surface area contributed by atoms with Crippen LogP contribution in [0, 0.1) is 0 Å². The Morgan fingerprint density at radius 3 is 2.71 bits per heavy atom. The van der Waals surface area contributed by atoms with Crippen LogP contribution in [-0.2, 0) is 7.05 Å². The number of hydrogen-bond acceptors (Lipinski definition) is 3. The molecule has 0 amide bonds. The monoisotopic (exact) mass is 226 g/mol. The smallest absolute Gasteiger partial charge is 0.449 e. The number of halogens is 3. The fourth-order valence-corrected chi connectivity index (χ4v) is 1.00. The first kappa shape index (κ1) is 10.7. The second-order valence-electron chi connectivity index (χ2n) is 2.30. The SMILES string of the molecule is Cn1nc(C(F)F)c(OC(=O)O)c1Cl. The highest BCUT2D eigenvalue weighted by Crippen LogP contribution is 2.34. The summed E-state index contributed by atoms with van der Waals surface area (Å²) in [6.45, 7) is 0. The Labute approximate surface area is 81.8 Å². The van der Waals surface area contributed by atoms with E-state index in [-0.39, 0.29) is 5.15 Å². The van der Waals surface area contributed by atoms with Gasteiger partial charge >= 0.3 is 6.16 Å². The van der Waals surface area contributed by atoms with Crippen LogP contribution in [0.3, 0.4) is 0 Å². The molecule has 0 aliphatic rings. The fraction of sp³-hybridized carbons (Fsp3) is 0.333. The van der Waals surface area contributed by atoms with Crippen molar-refractivity contribution in [1.82, 2.24) is 9.78 Å². The molecule has 0 aliphatic heterocycles. The summed E-state index contributed by atoms with van der Waals surface area (Å²) in [4.78, 5) is 10.1. The summed E-state index contributed by atoms with van der Waals surface area (Å²) in [6, 6.07) is 0. The summed E-state index contributed by atoms with van der Waals surface area (Å²) in [6.07, 6.45) is -4.66. The standard InChI is InChI=1S/C6H5ClF2N2O3/c1-11-4(7)3(14-6(12)13)2(10-11)5(8)9/h5H,1H3,(H,12,13). The van der Waals surface area contributed by atoms with Crippen LogP contribution in [0.15, 0.2) is 0 Å². The Hall–Kier alpha value is -1.37. The number of carbonyl (C=O) groups is 1. The van der Waals surface area contributed by atoms with E-state index in [1.807, 2.05) is 0 Å². The molecule has 78 valence electrons. The van der Waals surface area contributed by atoms with E-state index < -0.39 is 24.0 Å². The van der Waals surface area contributed by atoms with Crippen molar-refractivity contribution in [3.63, 3.8) is 0 Å². The van der Waals surface area contributed by atoms with Crippen LogP contribution in [0.25, 0.3) is 0 Å². The number of carboxylic acid groups (broad SMARTS) is 1. The van der Waals surface area contributed by atoms with Crippen LogP contribution < -0.4 is 4.74 Å². The van der Waals surface area contributed by atoms with E-state index in [0.29, 0.717) is 0 Å². The van der Waals surface area contributed by atoms with Gasteiger partial charge in [-0.2, -0.15) is 5.10 Å². The van der Waals surface area contributed by atoms with Gasteiger partial charge in [-0.1, -0.05) is 11.6 Å². The fourth-order valence-electron chi connectivity index (χ4n) is 0.828. The molecule has 1 aromatic heterocycles. The van der Waals surface area contributed by atoms with Crippen molar-refractivity contribution in [2.45, 2.75) is 6.43 Å². The lowest BCUT2D eigenvalue weighted by Gasteiger charge is -1.99. The predicted octanol–water partition coefficient (Wildman–Crippen LogP) is 2.07. The first-order chi connectivity index (χ1) is 6.43. The summed E-state index contributed by atoms with van der Waals surface area (Å²) >= 11 is 5.48. The first-order valence-electron chi connectivity index (χ1n) is 3.34. The molecule has 0 fully saturated rings. The lowest BCUT2D eigenvalue weighted by atomic mass is 10.4. The van der Waals surface area contributed by atoms with E-state index in [2.05, 4.69) is 9.84 Å². The molecule has 14 heavy (non-hydrogen) atoms. The van der Waals surface area contributed by atoms with E-state index in [0.717, 1.165) is 4.68 Å². The zero-order valence-corrected chi connectivity index (χ0v) is 7.63. The van der Waals surface area contributed by atoms with Gasteiger partial charge in [0.1, 0.15) is 0 Å². The van der Waals surface area contributed by atoms with Crippen LogP contribution in [0.2, 0.25) is 5.15 Å². The van der Waals surface area contributed by atoms with E-state index in [4.69, 9.17) is 16.7 Å². The number of ether oxygens (including phenoxy) is 1. The van der Waals surface area contributed by atoms with Gasteiger partial charge in [-0.15, -0.1) is 0 Å². The number of aromatic nitrogens is 2. The normalized spacial score (nSPS) is 10.6. The Balaban J connectivity index is 3.16. The molecule has 0 radical (unpaired) electrons. The van der Waals surface area contributed by atoms with Gasteiger partial charge < -0.3 is 9.84 Å². The minimum absolute atomic E-state index is 0.289. The van der Waals surface area contributed by atoms with E-state index >= 15 is 0 Å². The van der Waals surface area contributed by atoms with Crippen molar-refractivity contribution in [2.24, 2.45) is 7.05 Å². The molecule has 1 heterocycles. The lowest BCUT2D eigenvalue weighted by molar-refractivity contribution is 0.129. The Bertz CT molecular complexity index is 366. The van der Waals surface area contributed by atoms with Crippen LogP contribution in [0.1, 0.15) is 12.1 Å². The average Bonchev–Trinajstić information content (AvgIpc) is 2.32. The molecule has 0 spiro atoms. The molecule has 1 N–H and O–H groups in total. The average molecular weight is 227 g/mol. The molecule has 8 heteroatoms. The Morgan fingerprint density at radius 1 is 1.71 bits per heavy atom. The molecular weight excluding hydrogens is 222 g/mol. The largest absolute Gasteiger partial charge is 0.511 e. The van der Waals surface area contributed by atoms with Gasteiger partial charge in [0.2, 0.25) is 0 Å². The second-order valence-corrected chi connectivity index (χ2v) is 2.66. The van der Waals surface area contributed by atoms with Crippen molar-refractivity contribution in [1.29, 1.82) is 0 Å². The summed E-state index contributed by atoms with van der Waals surface area (Å²) < 4.78 is 29.5. The van der Waals surface area contributed by atoms with Gasteiger partial charge in [0.05, 0.1) is 0 Å². The van der Waals surface area contributed by atoms with Crippen molar-refractivity contribution >= 4 is 17.8 Å². The van der Waals surface area contributed by atoms with Gasteiger partial charge in [-0.25, -0.2) is 13.6 Å². The third-order valence-electron chi connectivity index (χ3n) is 1.36. The predicted molar refractivity (Wildman–Crippen MR) is 41.8 cm³/mol. The first-order valence-corrected chi connectivity index (χ1v) is 3.72. The molecular formula is C6H5ClF2N2O3. The molecule has 0 saturated heterocycles. The van der Waals surface area contributed by atoms with Crippen LogP contribution in [0.5, 0.6) is 5.75 Å². The van der Waals surface area contributed by atoms with Crippen LogP contribution in [0.4, 0.5) is 13.6 Å². The molecule has 0 saturated carbocycles. The van der Waals surface area contributed by atoms with Gasteiger partial charge in [0.15, 0.2) is 16.6 Å². The van der Waals surface area contributed by atoms with Crippen molar-refractivity contribution < 1.29 is 23.4 Å². The van der Waals surface area contributed by atoms with Crippen molar-refractivity contribution in [3.05, 3.63) is 10.8 Å². The van der Waals surface area contributed by atoms with Crippen LogP contribution >= 0.6 is 11.6 Å². The number of aryl methyl sites for hydroxylation is 1. The highest BCUT2D eigenvalue weighted by Gasteiger charge is 2.25. The van der Waals surface area contributed by atoms with Crippen molar-refractivity contribution in [3.8, 4) is 5.75 Å². The molecule has 0 aromatic carbocycles. The summed E-state index contributed by atoms with van der Waals surface area (Å²) in [5, 5.41) is 11.3. The molecule has 5 nitrogen and oxygen atoms in total. The molecule has 0 unspecified atom stereocenters. The van der Waals surface area contributed by atoms with E-state index in [1.165, 1.54) is 7.05 Å². The number of nitrogens with zero attached hydrogens (tertiary/aromatic N) is 2. The minimum atomic E-state index is -2.94. The zero-order chi connectivity index (χ0) is 10.9.